The summed E-state index contributed by atoms with van der Waals surface area (Å²) in [7, 11) is 0. The maximum atomic E-state index is 13.4. The average molecular weight is 976 g/mol. The third-order valence-corrected chi connectivity index (χ3v) is 13.0. The largest absolute Gasteiger partial charge is 0.394 e. The number of nitrogens with one attached hydrogen (secondary N) is 7. The van der Waals surface area contributed by atoms with Crippen molar-refractivity contribution in [1.29, 1.82) is 0 Å². The smallest absolute Gasteiger partial charge is 0.315 e. The predicted molar refractivity (Wildman–Crippen MR) is 243 cm³/mol. The summed E-state index contributed by atoms with van der Waals surface area (Å²) in [4.78, 5) is 113. The van der Waals surface area contributed by atoms with Gasteiger partial charge in [-0.3, -0.25) is 38.4 Å². The molecule has 0 aliphatic carbocycles. The molecule has 0 spiro atoms. The second-order valence-corrected chi connectivity index (χ2v) is 18.2. The van der Waals surface area contributed by atoms with E-state index in [-0.39, 0.29) is 108 Å². The molecule has 0 radical (unpaired) electrons. The number of ether oxygens (including phenoxy) is 4. The molecule has 0 aromatic heterocycles. The fraction of sp³-hybridized carbons (Fsp3) is 0.780. The van der Waals surface area contributed by atoms with E-state index in [4.69, 9.17) is 24.7 Å². The number of likely N-dealkylation sites (tertiary alicyclic amines) is 1. The Morgan fingerprint density at radius 3 is 2.06 bits per heavy atom. The first-order chi connectivity index (χ1) is 31.7. The molecule has 3 aliphatic heterocycles. The van der Waals surface area contributed by atoms with Crippen LogP contribution < -0.4 is 43.0 Å². The van der Waals surface area contributed by atoms with Gasteiger partial charge in [-0.05, 0) is 57.5 Å². The number of hydrogen-bond acceptors (Lipinski definition) is 16. The number of Topliss-reactive ketones (excluding diaryl/α,β-unsaturated/α-hetero) is 1. The number of nitrogens with two attached hydrogens (primary N) is 1. The molecule has 0 aromatic carbocycles. The van der Waals surface area contributed by atoms with Crippen molar-refractivity contribution in [2.75, 3.05) is 96.9 Å². The number of aliphatic hydroxyl groups is 1. The molecule has 3 aliphatic rings. The summed E-state index contributed by atoms with van der Waals surface area (Å²) >= 11 is 3.28. The molecule has 9 amide bonds. The predicted octanol–water partition coefficient (Wildman–Crippen LogP) is -2.94. The monoisotopic (exact) mass is 975 g/mol. The van der Waals surface area contributed by atoms with Crippen LogP contribution in [-0.2, 0) is 57.3 Å². The van der Waals surface area contributed by atoms with Crippen molar-refractivity contribution in [2.45, 2.75) is 106 Å². The Morgan fingerprint density at radius 1 is 0.803 bits per heavy atom. The lowest BCUT2D eigenvalue weighted by molar-refractivity contribution is -0.142. The van der Waals surface area contributed by atoms with E-state index < -0.39 is 66.9 Å². The van der Waals surface area contributed by atoms with E-state index in [1.54, 1.807) is 0 Å². The number of thioether (sulfide) groups is 2. The highest BCUT2D eigenvalue weighted by Crippen LogP contribution is 2.33. The van der Waals surface area contributed by atoms with E-state index in [1.165, 1.54) is 23.6 Å². The Kier molecular flexibility index (Phi) is 26.9. The van der Waals surface area contributed by atoms with Gasteiger partial charge in [-0.15, -0.1) is 0 Å². The summed E-state index contributed by atoms with van der Waals surface area (Å²) in [5, 5.41) is 29.3. The number of carbonyl (C=O) groups excluding carboxylic acids is 9. The molecule has 3 saturated heterocycles. The molecular weight excluding hydrogens is 907 g/mol. The summed E-state index contributed by atoms with van der Waals surface area (Å²) in [6.07, 6.45) is 5.59. The molecule has 3 fully saturated rings. The summed E-state index contributed by atoms with van der Waals surface area (Å²) in [5.41, 5.74) is 5.30. The molecule has 23 nitrogen and oxygen atoms in total. The zero-order valence-electron chi connectivity index (χ0n) is 37.9. The van der Waals surface area contributed by atoms with Crippen LogP contribution in [0.15, 0.2) is 0 Å². The van der Waals surface area contributed by atoms with E-state index in [2.05, 4.69) is 37.2 Å². The molecule has 3 heterocycles. The van der Waals surface area contributed by atoms with Gasteiger partial charge in [0.2, 0.25) is 41.4 Å². The van der Waals surface area contributed by atoms with E-state index in [9.17, 15) is 48.3 Å². The molecule has 7 atom stereocenters. The van der Waals surface area contributed by atoms with E-state index >= 15 is 0 Å². The summed E-state index contributed by atoms with van der Waals surface area (Å²) in [6.45, 7) is 1.90. The fourth-order valence-electron chi connectivity index (χ4n) is 7.39. The minimum atomic E-state index is -1.41. The zero-order valence-corrected chi connectivity index (χ0v) is 39.5. The number of fused-ring (bicyclic) bond motifs is 1. The van der Waals surface area contributed by atoms with Crippen LogP contribution in [0.4, 0.5) is 4.79 Å². The number of urea groups is 1. The normalized spacial score (nSPS) is 20.0. The van der Waals surface area contributed by atoms with Gasteiger partial charge >= 0.3 is 6.03 Å². The maximum Gasteiger partial charge on any atom is 0.315 e. The molecular formula is C41H69N9O14S2. The highest BCUT2D eigenvalue weighted by atomic mass is 32.2. The van der Waals surface area contributed by atoms with Crippen LogP contribution in [0.5, 0.6) is 0 Å². The van der Waals surface area contributed by atoms with Gasteiger partial charge < -0.3 is 71.9 Å². The first kappa shape index (κ1) is 56.1. The lowest BCUT2D eigenvalue weighted by atomic mass is 10.0. The van der Waals surface area contributed by atoms with Gasteiger partial charge in [0.15, 0.2) is 5.78 Å². The summed E-state index contributed by atoms with van der Waals surface area (Å²) in [5.74, 6) is -2.84. The van der Waals surface area contributed by atoms with Gasteiger partial charge in [-0.2, -0.15) is 23.5 Å². The Morgan fingerprint density at radius 2 is 1.42 bits per heavy atom. The maximum absolute atomic E-state index is 13.4. The zero-order chi connectivity index (χ0) is 48.3. The Hall–Kier alpha value is -4.27. The van der Waals surface area contributed by atoms with Crippen molar-refractivity contribution in [3.63, 3.8) is 0 Å². The first-order valence-corrected chi connectivity index (χ1v) is 24.8. The number of carbonyl (C=O) groups is 9. The Bertz CT molecular complexity index is 1620. The second kappa shape index (κ2) is 31.7. The molecule has 0 bridgehead atoms. The third kappa shape index (κ3) is 21.1. The van der Waals surface area contributed by atoms with E-state index in [1.807, 2.05) is 18.0 Å². The molecule has 0 saturated carbocycles. The minimum absolute atomic E-state index is 0.0298. The SMILES string of the molecule is CSCC[C@H](NC(=O)COCCOCCNC(=O)COCCOCCNC(=O)CCCC[C@@H]1SC[C@@H]2NC(=O)N[C@@H]21)C(=O)N[C@@H](CCC(N)=O)C(=O)N[C@@H](CO)C(=O)N1CCC[C@H]1C(C)=O. The molecule has 25 heteroatoms. The van der Waals surface area contributed by atoms with E-state index in [0.29, 0.717) is 43.4 Å². The Labute approximate surface area is 393 Å². The number of hydrogen-bond donors (Lipinski definition) is 9. The molecule has 0 aromatic rings. The molecule has 3 rings (SSSR count). The highest BCUT2D eigenvalue weighted by Gasteiger charge is 2.42. The standard InChI is InChI=1S/C41H69N9O14S2/c1-26(52)31-6-5-14-50(31)40(59)29(22-51)47-38(57)27(9-10-33(42)53)46-39(58)28(11-21-65-2)45-36(56)24-64-20-18-62-16-13-44-35(55)23-63-19-17-61-15-12-43-34(54)8-4-3-7-32-37-30(25-66-32)48-41(60)49-37/h27-32,37,51H,3-25H2,1-2H3,(H2,42,53)(H,43,54)(H,44,55)(H,45,56)(H,46,58)(H,47,57)(H2,48,49,60)/t27-,28-,29-,30-,31-,32-,37-/m0/s1. The van der Waals surface area contributed by atoms with Gasteiger partial charge in [0, 0.05) is 43.5 Å². The van der Waals surface area contributed by atoms with Gasteiger partial charge in [0.1, 0.15) is 31.3 Å². The highest BCUT2D eigenvalue weighted by molar-refractivity contribution is 8.00. The van der Waals surface area contributed by atoms with Gasteiger partial charge in [-0.25, -0.2) is 4.79 Å². The van der Waals surface area contributed by atoms with Crippen LogP contribution in [-0.4, -0.2) is 202 Å². The number of ketones is 1. The topological polar surface area (TPSA) is 324 Å². The number of nitrogens with zero attached hydrogens (tertiary/aromatic N) is 1. The van der Waals surface area contributed by atoms with Crippen molar-refractivity contribution >= 4 is 76.7 Å². The number of rotatable bonds is 35. The molecule has 66 heavy (non-hydrogen) atoms. The lowest BCUT2D eigenvalue weighted by Crippen LogP contribution is -2.58. The quantitative estimate of drug-likeness (QED) is 0.0227. The van der Waals surface area contributed by atoms with Crippen LogP contribution in [0.3, 0.4) is 0 Å². The summed E-state index contributed by atoms with van der Waals surface area (Å²) < 4.78 is 21.6. The van der Waals surface area contributed by atoms with Crippen LogP contribution in [0.1, 0.15) is 64.7 Å². The summed E-state index contributed by atoms with van der Waals surface area (Å²) in [6, 6.07) is -4.25. The van der Waals surface area contributed by atoms with Crippen LogP contribution in [0.25, 0.3) is 0 Å². The molecule has 374 valence electrons. The average Bonchev–Trinajstić information content (AvgIpc) is 4.02. The number of primary amides is 1. The van der Waals surface area contributed by atoms with Crippen LogP contribution in [0.2, 0.25) is 0 Å². The van der Waals surface area contributed by atoms with E-state index in [0.717, 1.165) is 25.0 Å². The number of aliphatic hydroxyl groups excluding tert-OH is 1. The van der Waals surface area contributed by atoms with Gasteiger partial charge in [-0.1, -0.05) is 6.42 Å². The number of amides is 9. The van der Waals surface area contributed by atoms with Crippen LogP contribution in [0, 0.1) is 0 Å². The lowest BCUT2D eigenvalue weighted by Gasteiger charge is -2.29. The minimum Gasteiger partial charge on any atom is -0.394 e. The van der Waals surface area contributed by atoms with Crippen molar-refractivity contribution in [2.24, 2.45) is 5.73 Å². The van der Waals surface area contributed by atoms with Crippen molar-refractivity contribution < 1.29 is 67.2 Å². The van der Waals surface area contributed by atoms with Gasteiger partial charge in [0.05, 0.1) is 64.4 Å². The van der Waals surface area contributed by atoms with Crippen molar-refractivity contribution in [3.05, 3.63) is 0 Å². The number of unbranched alkanes of at least 4 members (excludes halogenated alkanes) is 1. The third-order valence-electron chi connectivity index (χ3n) is 10.8. The second-order valence-electron chi connectivity index (χ2n) is 15.9. The van der Waals surface area contributed by atoms with Crippen molar-refractivity contribution in [3.8, 4) is 0 Å². The molecule has 10 N–H and O–H groups in total. The van der Waals surface area contributed by atoms with Crippen LogP contribution >= 0.6 is 23.5 Å². The first-order valence-electron chi connectivity index (χ1n) is 22.4. The molecule has 0 unspecified atom stereocenters. The van der Waals surface area contributed by atoms with Crippen molar-refractivity contribution in [1.82, 2.24) is 42.1 Å². The van der Waals surface area contributed by atoms with Gasteiger partial charge in [0.25, 0.3) is 0 Å². The fourth-order valence-corrected chi connectivity index (χ4v) is 9.40. The Balaban J connectivity index is 1.21.